The van der Waals surface area contributed by atoms with Gasteiger partial charge in [0.05, 0.1) is 31.9 Å². The molecule has 1 aromatic heterocycles. The molecule has 3 aromatic carbocycles. The number of rotatable bonds is 14. The number of aliphatic hydroxyl groups excluding tert-OH is 1. The summed E-state index contributed by atoms with van der Waals surface area (Å²) in [5.74, 6) is 0.0667. The van der Waals surface area contributed by atoms with Crippen LogP contribution in [0.4, 0.5) is 5.13 Å². The number of halogens is 2. The molecule has 0 radical (unpaired) electrons. The number of carbonyl (C=O) groups excluding carboxylic acids is 2. The van der Waals surface area contributed by atoms with Gasteiger partial charge in [0.1, 0.15) is 11.5 Å². The predicted octanol–water partition coefficient (Wildman–Crippen LogP) is 8.74. The first-order valence-electron chi connectivity index (χ1n) is 15.0. The third kappa shape index (κ3) is 7.86. The second-order valence-corrected chi connectivity index (χ2v) is 13.5. The lowest BCUT2D eigenvalue weighted by molar-refractivity contribution is -0.132. The van der Waals surface area contributed by atoms with Gasteiger partial charge in [-0.2, -0.15) is 0 Å². The normalized spacial score (nSPS) is 15.7. The largest absolute Gasteiger partial charge is 0.507 e. The number of anilines is 1. The van der Waals surface area contributed by atoms with Gasteiger partial charge in [0.15, 0.2) is 15.8 Å². The van der Waals surface area contributed by atoms with Gasteiger partial charge in [-0.25, -0.2) is 0 Å². The Morgan fingerprint density at radius 2 is 1.77 bits per heavy atom. The van der Waals surface area contributed by atoms with Crippen molar-refractivity contribution in [1.82, 2.24) is 10.2 Å². The first kappa shape index (κ1) is 34.6. The lowest BCUT2D eigenvalue weighted by Gasteiger charge is -2.23. The van der Waals surface area contributed by atoms with E-state index in [0.717, 1.165) is 36.2 Å². The second-order valence-electron chi connectivity index (χ2n) is 10.5. The number of benzene rings is 3. The number of hydrogen-bond donors (Lipinski definition) is 1. The number of methoxy groups -OCH3 is 1. The molecule has 1 atom stereocenters. The molecular weight excluding hydrogens is 681 g/mol. The van der Waals surface area contributed by atoms with Crippen molar-refractivity contribution in [3.63, 3.8) is 0 Å². The van der Waals surface area contributed by atoms with Crippen LogP contribution in [0.3, 0.4) is 0 Å². The number of thioether (sulfide) groups is 1. The first-order chi connectivity index (χ1) is 22.7. The topological polar surface area (TPSA) is 111 Å². The van der Waals surface area contributed by atoms with Crippen molar-refractivity contribution in [3.8, 4) is 17.2 Å². The number of carbonyl (C=O) groups is 2. The van der Waals surface area contributed by atoms with E-state index in [2.05, 4.69) is 17.1 Å². The van der Waals surface area contributed by atoms with Crippen molar-refractivity contribution in [1.29, 1.82) is 0 Å². The van der Waals surface area contributed by atoms with Crippen LogP contribution < -0.4 is 19.1 Å². The average molecular weight is 715 g/mol. The van der Waals surface area contributed by atoms with Crippen molar-refractivity contribution in [2.75, 3.05) is 25.2 Å². The zero-order chi connectivity index (χ0) is 33.5. The summed E-state index contributed by atoms with van der Waals surface area (Å²) in [6, 6.07) is 16.1. The average Bonchev–Trinajstić information content (AvgIpc) is 3.64. The van der Waals surface area contributed by atoms with E-state index in [1.54, 1.807) is 54.6 Å². The summed E-state index contributed by atoms with van der Waals surface area (Å²) in [6.07, 6.45) is 3.00. The number of hydrogen-bond acceptors (Lipinski definition) is 10. The molecule has 9 nitrogen and oxygen atoms in total. The molecule has 5 rings (SSSR count). The Morgan fingerprint density at radius 1 is 0.979 bits per heavy atom. The summed E-state index contributed by atoms with van der Waals surface area (Å²) in [5.41, 5.74) is 1.65. The molecule has 246 valence electrons. The van der Waals surface area contributed by atoms with E-state index in [1.165, 1.54) is 23.8 Å². The number of aliphatic hydroxyl groups is 1. The molecule has 13 heteroatoms. The van der Waals surface area contributed by atoms with Gasteiger partial charge in [-0.3, -0.25) is 14.5 Å². The Morgan fingerprint density at radius 3 is 2.47 bits per heavy atom. The number of Topliss-reactive ketones (excluding diaryl/α,β-unsaturated/α-hetero) is 1. The number of ketones is 1. The summed E-state index contributed by atoms with van der Waals surface area (Å²) in [4.78, 5) is 28.7. The van der Waals surface area contributed by atoms with E-state index in [-0.39, 0.29) is 16.5 Å². The Balaban J connectivity index is 1.55. The summed E-state index contributed by atoms with van der Waals surface area (Å²) in [6.45, 7) is 4.88. The predicted molar refractivity (Wildman–Crippen MR) is 186 cm³/mol. The first-order valence-corrected chi connectivity index (χ1v) is 17.6. The van der Waals surface area contributed by atoms with Crippen LogP contribution in [0.2, 0.25) is 10.0 Å². The highest BCUT2D eigenvalue weighted by Gasteiger charge is 2.48. The molecule has 1 saturated heterocycles. The van der Waals surface area contributed by atoms with E-state index in [4.69, 9.17) is 37.4 Å². The van der Waals surface area contributed by atoms with Crippen LogP contribution >= 0.6 is 46.3 Å². The van der Waals surface area contributed by atoms with E-state index >= 15 is 0 Å². The number of aromatic nitrogens is 2. The molecule has 47 heavy (non-hydrogen) atoms. The highest BCUT2D eigenvalue weighted by Crippen LogP contribution is 2.46. The maximum absolute atomic E-state index is 13.7. The highest BCUT2D eigenvalue weighted by atomic mass is 35.5. The van der Waals surface area contributed by atoms with Crippen molar-refractivity contribution >= 4 is 68.9 Å². The van der Waals surface area contributed by atoms with Gasteiger partial charge in [0, 0.05) is 21.4 Å². The van der Waals surface area contributed by atoms with Crippen molar-refractivity contribution < 1.29 is 28.9 Å². The number of unbranched alkanes of at least 4 members (excludes halogenated alkanes) is 2. The molecule has 2 heterocycles. The van der Waals surface area contributed by atoms with Crippen molar-refractivity contribution in [2.45, 2.75) is 49.2 Å². The van der Waals surface area contributed by atoms with Gasteiger partial charge in [-0.15, -0.1) is 10.2 Å². The lowest BCUT2D eigenvalue weighted by atomic mass is 9.95. The minimum atomic E-state index is -1.03. The molecule has 1 fully saturated rings. The Hall–Kier alpha value is -3.77. The van der Waals surface area contributed by atoms with Crippen LogP contribution in [0.25, 0.3) is 5.76 Å². The van der Waals surface area contributed by atoms with E-state index < -0.39 is 17.7 Å². The zero-order valence-corrected chi connectivity index (χ0v) is 29.1. The number of amides is 1. The molecule has 1 aliphatic heterocycles. The summed E-state index contributed by atoms with van der Waals surface area (Å²) >= 11 is 14.9. The van der Waals surface area contributed by atoms with Gasteiger partial charge < -0.3 is 19.3 Å². The standard InChI is InChI=1S/C34H33Cl2N3O6S2/c1-4-6-7-16-45-26-15-11-21(17-27(26)44-5-2)29-28(30(40)20-9-13-24(43-3)14-10-20)31(41)32(42)39(29)33-37-38-34(47-33)46-19-22-8-12-23(35)18-25(22)36/h8-15,17-18,29,40H,4-7,16,19H2,1-3H3. The molecule has 0 saturated carbocycles. The maximum Gasteiger partial charge on any atom is 0.301 e. The third-order valence-electron chi connectivity index (χ3n) is 7.36. The highest BCUT2D eigenvalue weighted by molar-refractivity contribution is 8.00. The quantitative estimate of drug-likeness (QED) is 0.0342. The monoisotopic (exact) mass is 713 g/mol. The smallest absolute Gasteiger partial charge is 0.301 e. The van der Waals surface area contributed by atoms with Crippen LogP contribution in [0.1, 0.15) is 55.8 Å². The molecule has 1 unspecified atom stereocenters. The number of ether oxygens (including phenoxy) is 3. The van der Waals surface area contributed by atoms with Gasteiger partial charge in [0.2, 0.25) is 5.13 Å². The van der Waals surface area contributed by atoms with Crippen LogP contribution in [0, 0.1) is 0 Å². The molecular formula is C34H33Cl2N3O6S2. The minimum Gasteiger partial charge on any atom is -0.507 e. The van der Waals surface area contributed by atoms with E-state index in [1.807, 2.05) is 13.0 Å². The second kappa shape index (κ2) is 15.9. The molecule has 0 aliphatic carbocycles. The van der Waals surface area contributed by atoms with Crippen LogP contribution in [0.5, 0.6) is 17.2 Å². The zero-order valence-electron chi connectivity index (χ0n) is 26.0. The molecule has 1 aliphatic rings. The van der Waals surface area contributed by atoms with Gasteiger partial charge >= 0.3 is 5.91 Å². The van der Waals surface area contributed by atoms with Crippen LogP contribution in [0.15, 0.2) is 70.6 Å². The summed E-state index contributed by atoms with van der Waals surface area (Å²) < 4.78 is 17.8. The van der Waals surface area contributed by atoms with Gasteiger partial charge in [-0.05, 0) is 73.0 Å². The fourth-order valence-corrected chi connectivity index (χ4v) is 7.43. The Labute approximate surface area is 291 Å². The van der Waals surface area contributed by atoms with Crippen molar-refractivity contribution in [2.24, 2.45) is 0 Å². The van der Waals surface area contributed by atoms with Gasteiger partial charge in [-0.1, -0.05) is 78.2 Å². The molecule has 1 N–H and O–H groups in total. The Bertz CT molecular complexity index is 1780. The van der Waals surface area contributed by atoms with Crippen LogP contribution in [-0.4, -0.2) is 47.3 Å². The summed E-state index contributed by atoms with van der Waals surface area (Å²) in [5, 5.41) is 21.4. The van der Waals surface area contributed by atoms with E-state index in [0.29, 0.717) is 61.7 Å². The minimum absolute atomic E-state index is 0.0865. The SMILES string of the molecule is CCCCCOc1ccc(C2C(=C(O)c3ccc(OC)cc3)C(=O)C(=O)N2c2nnc(SCc3ccc(Cl)cc3Cl)s2)cc1OCC. The van der Waals surface area contributed by atoms with Crippen molar-refractivity contribution in [3.05, 3.63) is 93.0 Å². The molecule has 1 amide bonds. The van der Waals surface area contributed by atoms with Gasteiger partial charge in [0.25, 0.3) is 5.78 Å². The molecule has 0 bridgehead atoms. The summed E-state index contributed by atoms with van der Waals surface area (Å²) in [7, 11) is 1.53. The fourth-order valence-electron chi connectivity index (χ4n) is 5.00. The maximum atomic E-state index is 13.7. The molecule has 0 spiro atoms. The Kier molecular flexibility index (Phi) is 11.7. The number of nitrogens with zero attached hydrogens (tertiary/aromatic N) is 3. The molecule has 4 aromatic rings. The fraction of sp³-hybridized carbons (Fsp3) is 0.294. The third-order valence-corrected chi connectivity index (χ3v) is 10.1. The van der Waals surface area contributed by atoms with Crippen LogP contribution in [-0.2, 0) is 15.3 Å². The lowest BCUT2D eigenvalue weighted by Crippen LogP contribution is -2.29. The van der Waals surface area contributed by atoms with E-state index in [9.17, 15) is 14.7 Å².